The molecule has 0 aromatic carbocycles. The predicted octanol–water partition coefficient (Wildman–Crippen LogP) is 0.380. The fraction of sp³-hybridized carbons (Fsp3) is 0.765. The lowest BCUT2D eigenvalue weighted by molar-refractivity contribution is -0.137. The van der Waals surface area contributed by atoms with E-state index in [4.69, 9.17) is 10.5 Å². The Hall–Kier alpha value is -1.44. The molecular formula is C17H31N3O4. The molecule has 7 heteroatoms. The van der Waals surface area contributed by atoms with Crippen molar-refractivity contribution in [3.63, 3.8) is 0 Å². The van der Waals surface area contributed by atoms with Crippen molar-refractivity contribution in [3.8, 4) is 0 Å². The molecule has 1 fully saturated rings. The van der Waals surface area contributed by atoms with E-state index in [-0.39, 0.29) is 24.3 Å². The van der Waals surface area contributed by atoms with E-state index in [0.29, 0.717) is 13.2 Å². The minimum Gasteiger partial charge on any atom is -0.401 e. The van der Waals surface area contributed by atoms with Gasteiger partial charge in [0.25, 0.3) is 5.91 Å². The van der Waals surface area contributed by atoms with Gasteiger partial charge in [0.2, 0.25) is 5.91 Å². The van der Waals surface area contributed by atoms with Gasteiger partial charge in [-0.2, -0.15) is 0 Å². The largest absolute Gasteiger partial charge is 0.401 e. The highest BCUT2D eigenvalue weighted by Gasteiger charge is 2.37. The van der Waals surface area contributed by atoms with Crippen LogP contribution in [0.25, 0.3) is 0 Å². The summed E-state index contributed by atoms with van der Waals surface area (Å²) < 4.78 is 5.35. The van der Waals surface area contributed by atoms with Gasteiger partial charge in [-0.05, 0) is 33.7 Å². The lowest BCUT2D eigenvalue weighted by Gasteiger charge is -2.41. The maximum absolute atomic E-state index is 12.5. The van der Waals surface area contributed by atoms with E-state index in [2.05, 4.69) is 5.32 Å². The second-order valence-electron chi connectivity index (χ2n) is 7.47. The van der Waals surface area contributed by atoms with Gasteiger partial charge >= 0.3 is 0 Å². The van der Waals surface area contributed by atoms with Gasteiger partial charge in [0.15, 0.2) is 0 Å². The van der Waals surface area contributed by atoms with Crippen LogP contribution in [0.2, 0.25) is 0 Å². The van der Waals surface area contributed by atoms with Gasteiger partial charge in [-0.25, -0.2) is 0 Å². The fourth-order valence-corrected chi connectivity index (χ4v) is 2.42. The second-order valence-corrected chi connectivity index (χ2v) is 7.47. The number of nitrogens with two attached hydrogens (primary N) is 1. The van der Waals surface area contributed by atoms with Gasteiger partial charge in [0, 0.05) is 36.4 Å². The van der Waals surface area contributed by atoms with Gasteiger partial charge in [-0.15, -0.1) is 0 Å². The van der Waals surface area contributed by atoms with Crippen LogP contribution in [0.15, 0.2) is 11.8 Å². The molecule has 1 aliphatic heterocycles. The fourth-order valence-electron chi connectivity index (χ4n) is 2.42. The number of amides is 2. The molecular weight excluding hydrogens is 310 g/mol. The van der Waals surface area contributed by atoms with Gasteiger partial charge in [-0.1, -0.05) is 13.8 Å². The van der Waals surface area contributed by atoms with Crippen molar-refractivity contribution in [2.45, 2.75) is 52.1 Å². The summed E-state index contributed by atoms with van der Waals surface area (Å²) >= 11 is 0. The minimum absolute atomic E-state index is 0.186. The number of ether oxygens (including phenoxy) is 1. The summed E-state index contributed by atoms with van der Waals surface area (Å²) in [5.41, 5.74) is 4.50. The van der Waals surface area contributed by atoms with E-state index >= 15 is 0 Å². The standard InChI is InChI=1S/C17H31N3O4/c1-16(2,11-21)13(18)10-14(22)19-15(23)17(3,4)20(5)12-6-8-24-9-7-12/h10,12,21H,6-9,11,18H2,1-5H3,(H,19,22,23). The number of rotatable bonds is 6. The van der Waals surface area contributed by atoms with Crippen LogP contribution in [0.3, 0.4) is 0 Å². The van der Waals surface area contributed by atoms with E-state index in [1.54, 1.807) is 27.7 Å². The molecule has 0 atom stereocenters. The number of nitrogens with zero attached hydrogens (tertiary/aromatic N) is 1. The molecule has 24 heavy (non-hydrogen) atoms. The zero-order valence-electron chi connectivity index (χ0n) is 15.4. The Morgan fingerprint density at radius 3 is 2.33 bits per heavy atom. The highest BCUT2D eigenvalue weighted by atomic mass is 16.5. The zero-order valence-corrected chi connectivity index (χ0v) is 15.4. The van der Waals surface area contributed by atoms with Crippen LogP contribution < -0.4 is 11.1 Å². The Morgan fingerprint density at radius 2 is 1.83 bits per heavy atom. The summed E-state index contributed by atoms with van der Waals surface area (Å²) in [6.45, 7) is 8.19. The number of hydrogen-bond donors (Lipinski definition) is 3. The van der Waals surface area contributed by atoms with Crippen LogP contribution in [0, 0.1) is 5.41 Å². The number of imide groups is 1. The maximum Gasteiger partial charge on any atom is 0.252 e. The Balaban J connectivity index is 2.74. The number of likely N-dealkylation sites (N-methyl/N-ethyl adjacent to an activating group) is 1. The van der Waals surface area contributed by atoms with Crippen LogP contribution in [-0.4, -0.2) is 60.3 Å². The number of nitrogens with one attached hydrogen (secondary N) is 1. The Labute approximate surface area is 144 Å². The van der Waals surface area contributed by atoms with Gasteiger partial charge in [0.1, 0.15) is 0 Å². The monoisotopic (exact) mass is 341 g/mol. The Bertz CT molecular complexity index is 494. The number of aliphatic hydroxyl groups excluding tert-OH is 1. The number of hydrogen-bond acceptors (Lipinski definition) is 6. The first-order valence-corrected chi connectivity index (χ1v) is 8.27. The molecule has 2 amide bonds. The summed E-state index contributed by atoms with van der Waals surface area (Å²) in [6.07, 6.45) is 2.88. The summed E-state index contributed by atoms with van der Waals surface area (Å²) in [4.78, 5) is 26.6. The first kappa shape index (κ1) is 20.6. The third kappa shape index (κ3) is 5.03. The molecule has 7 nitrogen and oxygen atoms in total. The Morgan fingerprint density at radius 1 is 1.29 bits per heavy atom. The Kier molecular flexibility index (Phi) is 6.95. The molecule has 1 heterocycles. The zero-order chi connectivity index (χ0) is 18.5. The molecule has 138 valence electrons. The van der Waals surface area contributed by atoms with Crippen molar-refractivity contribution in [2.75, 3.05) is 26.9 Å². The molecule has 0 spiro atoms. The number of carbonyl (C=O) groups is 2. The van der Waals surface area contributed by atoms with Crippen molar-refractivity contribution in [1.82, 2.24) is 10.2 Å². The molecule has 1 rings (SSSR count). The van der Waals surface area contributed by atoms with E-state index in [1.165, 1.54) is 6.08 Å². The van der Waals surface area contributed by atoms with Crippen LogP contribution in [0.4, 0.5) is 0 Å². The van der Waals surface area contributed by atoms with Crippen molar-refractivity contribution in [2.24, 2.45) is 11.1 Å². The van der Waals surface area contributed by atoms with Crippen LogP contribution >= 0.6 is 0 Å². The van der Waals surface area contributed by atoms with Crippen LogP contribution in [-0.2, 0) is 14.3 Å². The SMILES string of the molecule is CN(C1CCOCC1)C(C)(C)C(=O)NC(=O)C=C(N)C(C)(C)CO. The highest BCUT2D eigenvalue weighted by molar-refractivity contribution is 6.04. The molecule has 0 saturated carbocycles. The van der Waals surface area contributed by atoms with Crippen molar-refractivity contribution < 1.29 is 19.4 Å². The highest BCUT2D eigenvalue weighted by Crippen LogP contribution is 2.23. The minimum atomic E-state index is -0.841. The first-order chi connectivity index (χ1) is 11.0. The lowest BCUT2D eigenvalue weighted by Crippen LogP contribution is -2.58. The normalized spacial score (nSPS) is 17.9. The number of aliphatic hydroxyl groups is 1. The molecule has 4 N–H and O–H groups in total. The molecule has 0 bridgehead atoms. The summed E-state index contributed by atoms with van der Waals surface area (Å²) in [7, 11) is 1.89. The topological polar surface area (TPSA) is 105 Å². The molecule has 0 aromatic heterocycles. The van der Waals surface area contributed by atoms with Gasteiger partial charge in [-0.3, -0.25) is 19.8 Å². The molecule has 1 aliphatic rings. The summed E-state index contributed by atoms with van der Waals surface area (Å²) in [5.74, 6) is -0.958. The van der Waals surface area contributed by atoms with Gasteiger partial charge < -0.3 is 15.6 Å². The van der Waals surface area contributed by atoms with E-state index in [1.807, 2.05) is 11.9 Å². The smallest absolute Gasteiger partial charge is 0.252 e. The molecule has 0 radical (unpaired) electrons. The van der Waals surface area contributed by atoms with E-state index < -0.39 is 16.9 Å². The maximum atomic E-state index is 12.5. The van der Waals surface area contributed by atoms with Crippen LogP contribution in [0.5, 0.6) is 0 Å². The van der Waals surface area contributed by atoms with E-state index in [9.17, 15) is 14.7 Å². The predicted molar refractivity (Wildman–Crippen MR) is 92.0 cm³/mol. The average Bonchev–Trinajstić information content (AvgIpc) is 2.54. The third-order valence-electron chi connectivity index (χ3n) is 4.88. The van der Waals surface area contributed by atoms with Crippen molar-refractivity contribution >= 4 is 11.8 Å². The second kappa shape index (κ2) is 8.09. The molecule has 0 aliphatic carbocycles. The van der Waals surface area contributed by atoms with Crippen LogP contribution in [0.1, 0.15) is 40.5 Å². The quantitative estimate of drug-likeness (QED) is 0.603. The van der Waals surface area contributed by atoms with Gasteiger partial charge in [0.05, 0.1) is 12.1 Å². The number of carbonyl (C=O) groups excluding carboxylic acids is 2. The molecule has 0 unspecified atom stereocenters. The lowest BCUT2D eigenvalue weighted by atomic mass is 9.90. The first-order valence-electron chi connectivity index (χ1n) is 8.27. The molecule has 1 saturated heterocycles. The summed E-state index contributed by atoms with van der Waals surface area (Å²) in [5, 5.41) is 11.6. The average molecular weight is 341 g/mol. The summed E-state index contributed by atoms with van der Waals surface area (Å²) in [6, 6.07) is 0.239. The third-order valence-corrected chi connectivity index (χ3v) is 4.88. The van der Waals surface area contributed by atoms with E-state index in [0.717, 1.165) is 12.8 Å². The molecule has 0 aromatic rings. The van der Waals surface area contributed by atoms with Crippen molar-refractivity contribution in [1.29, 1.82) is 0 Å². The van der Waals surface area contributed by atoms with Crippen molar-refractivity contribution in [3.05, 3.63) is 11.8 Å².